The smallest absolute Gasteiger partial charge is 0.122 e. The van der Waals surface area contributed by atoms with Gasteiger partial charge in [0.25, 0.3) is 0 Å². The Morgan fingerprint density at radius 3 is 2.52 bits per heavy atom. The number of nitrogens with one attached hydrogen (secondary N) is 1. The van der Waals surface area contributed by atoms with Gasteiger partial charge in [-0.3, -0.25) is 5.41 Å². The van der Waals surface area contributed by atoms with Crippen LogP contribution >= 0.6 is 0 Å². The second-order valence-corrected chi connectivity index (χ2v) is 8.33. The van der Waals surface area contributed by atoms with E-state index in [1.54, 1.807) is 0 Å². The molecular formula is C23H36N2. The summed E-state index contributed by atoms with van der Waals surface area (Å²) >= 11 is 0. The molecule has 138 valence electrons. The molecule has 0 bridgehead atoms. The lowest BCUT2D eigenvalue weighted by atomic mass is 9.66. The Balaban J connectivity index is 1.94. The summed E-state index contributed by atoms with van der Waals surface area (Å²) < 4.78 is 0. The summed E-state index contributed by atoms with van der Waals surface area (Å²) in [6.07, 6.45) is 12.0. The van der Waals surface area contributed by atoms with Gasteiger partial charge in [0.1, 0.15) is 5.84 Å². The van der Waals surface area contributed by atoms with Crippen molar-refractivity contribution < 1.29 is 0 Å². The first kappa shape index (κ1) is 19.8. The molecule has 0 spiro atoms. The maximum absolute atomic E-state index is 7.56. The van der Waals surface area contributed by atoms with Crippen LogP contribution in [-0.2, 0) is 0 Å². The molecule has 2 heteroatoms. The quantitative estimate of drug-likeness (QED) is 0.414. The molecule has 25 heavy (non-hydrogen) atoms. The summed E-state index contributed by atoms with van der Waals surface area (Å²) in [5, 5.41) is 7.56. The van der Waals surface area contributed by atoms with Gasteiger partial charge in [0.2, 0.25) is 0 Å². The predicted octanol–water partition coefficient (Wildman–Crippen LogP) is 6.46. The Morgan fingerprint density at radius 2 is 1.96 bits per heavy atom. The van der Waals surface area contributed by atoms with E-state index in [9.17, 15) is 0 Å². The molecule has 0 amide bonds. The number of nitrogen functional groups attached to an aromatic ring is 1. The van der Waals surface area contributed by atoms with Crippen molar-refractivity contribution in [1.82, 2.24) is 0 Å². The van der Waals surface area contributed by atoms with Crippen LogP contribution in [0.15, 0.2) is 24.8 Å². The minimum absolute atomic E-state index is 0.133. The van der Waals surface area contributed by atoms with Gasteiger partial charge in [-0.15, -0.1) is 0 Å². The average Bonchev–Trinajstić information content (AvgIpc) is 2.57. The molecule has 1 aromatic rings. The minimum Gasteiger partial charge on any atom is -0.384 e. The summed E-state index contributed by atoms with van der Waals surface area (Å²) in [6.45, 7) is 11.2. The average molecular weight is 341 g/mol. The Hall–Kier alpha value is -1.57. The van der Waals surface area contributed by atoms with E-state index in [0.29, 0.717) is 5.41 Å². The summed E-state index contributed by atoms with van der Waals surface area (Å²) in [6, 6.07) is 6.03. The van der Waals surface area contributed by atoms with Gasteiger partial charge in [-0.1, -0.05) is 51.8 Å². The summed E-state index contributed by atoms with van der Waals surface area (Å²) in [5.41, 5.74) is 10.6. The van der Waals surface area contributed by atoms with E-state index in [1.807, 2.05) is 12.1 Å². The molecule has 2 rings (SSSR count). The van der Waals surface area contributed by atoms with Crippen LogP contribution in [0.4, 0.5) is 0 Å². The standard InChI is InChI=1S/C23H36N2/c1-5-12-23(14-10-17(2)11-15-23)13-6-7-18(3)21-9-8-20(22(24)25)16-19(21)4/h8-9,16-17H,3,5-7,10-15H2,1-2,4H3,(H3,24,25). The SMILES string of the molecule is C=C(CCCC1(CCC)CCC(C)CC1)c1ccc(C(=N)N)cc1C. The Kier molecular flexibility index (Phi) is 6.87. The van der Waals surface area contributed by atoms with Gasteiger partial charge < -0.3 is 5.73 Å². The van der Waals surface area contributed by atoms with Crippen molar-refractivity contribution in [3.63, 3.8) is 0 Å². The van der Waals surface area contributed by atoms with Crippen LogP contribution in [0.5, 0.6) is 0 Å². The zero-order valence-electron chi connectivity index (χ0n) is 16.5. The number of rotatable bonds is 8. The summed E-state index contributed by atoms with van der Waals surface area (Å²) in [7, 11) is 0. The lowest BCUT2D eigenvalue weighted by Gasteiger charge is -2.40. The van der Waals surface area contributed by atoms with Crippen molar-refractivity contribution in [2.24, 2.45) is 17.1 Å². The maximum atomic E-state index is 7.56. The van der Waals surface area contributed by atoms with E-state index in [1.165, 1.54) is 68.1 Å². The highest BCUT2D eigenvalue weighted by Crippen LogP contribution is 2.46. The van der Waals surface area contributed by atoms with Crippen molar-refractivity contribution in [1.29, 1.82) is 5.41 Å². The fourth-order valence-electron chi connectivity index (χ4n) is 4.57. The Labute approximate surface area is 154 Å². The largest absolute Gasteiger partial charge is 0.384 e. The van der Waals surface area contributed by atoms with Crippen molar-refractivity contribution >= 4 is 11.4 Å². The Morgan fingerprint density at radius 1 is 1.28 bits per heavy atom. The number of hydrogen-bond donors (Lipinski definition) is 2. The molecule has 0 radical (unpaired) electrons. The van der Waals surface area contributed by atoms with Crippen LogP contribution in [0, 0.1) is 23.7 Å². The third-order valence-corrected chi connectivity index (χ3v) is 6.22. The molecule has 1 aliphatic rings. The third-order valence-electron chi connectivity index (χ3n) is 6.22. The van der Waals surface area contributed by atoms with Gasteiger partial charge in [0, 0.05) is 5.56 Å². The van der Waals surface area contributed by atoms with Gasteiger partial charge in [-0.05, 0) is 79.5 Å². The van der Waals surface area contributed by atoms with Gasteiger partial charge in [-0.2, -0.15) is 0 Å². The fraction of sp³-hybridized carbons (Fsp3) is 0.609. The highest BCUT2D eigenvalue weighted by molar-refractivity contribution is 5.95. The predicted molar refractivity (Wildman–Crippen MR) is 110 cm³/mol. The van der Waals surface area contributed by atoms with Crippen LogP contribution in [0.3, 0.4) is 0 Å². The highest BCUT2D eigenvalue weighted by Gasteiger charge is 2.32. The molecule has 1 aliphatic carbocycles. The van der Waals surface area contributed by atoms with E-state index < -0.39 is 0 Å². The number of allylic oxidation sites excluding steroid dienone is 1. The highest BCUT2D eigenvalue weighted by atomic mass is 14.7. The monoisotopic (exact) mass is 340 g/mol. The van der Waals surface area contributed by atoms with Crippen LogP contribution in [0.25, 0.3) is 5.57 Å². The van der Waals surface area contributed by atoms with Gasteiger partial charge in [0.15, 0.2) is 0 Å². The molecule has 1 saturated carbocycles. The Bertz CT molecular complexity index is 607. The van der Waals surface area contributed by atoms with E-state index in [2.05, 4.69) is 33.4 Å². The van der Waals surface area contributed by atoms with Crippen LogP contribution in [-0.4, -0.2) is 5.84 Å². The lowest BCUT2D eigenvalue weighted by Crippen LogP contribution is -2.26. The number of aryl methyl sites for hydroxylation is 1. The van der Waals surface area contributed by atoms with E-state index in [4.69, 9.17) is 11.1 Å². The minimum atomic E-state index is 0.133. The molecule has 0 saturated heterocycles. The van der Waals surface area contributed by atoms with Crippen LogP contribution in [0.2, 0.25) is 0 Å². The number of hydrogen-bond acceptors (Lipinski definition) is 1. The fourth-order valence-corrected chi connectivity index (χ4v) is 4.57. The molecule has 2 nitrogen and oxygen atoms in total. The van der Waals surface area contributed by atoms with Crippen molar-refractivity contribution in [2.45, 2.75) is 78.6 Å². The molecule has 1 aromatic carbocycles. The molecule has 3 N–H and O–H groups in total. The maximum Gasteiger partial charge on any atom is 0.122 e. The first-order valence-corrected chi connectivity index (χ1v) is 10.00. The molecule has 0 heterocycles. The zero-order valence-corrected chi connectivity index (χ0v) is 16.5. The lowest BCUT2D eigenvalue weighted by molar-refractivity contribution is 0.126. The molecule has 0 aliphatic heterocycles. The van der Waals surface area contributed by atoms with Crippen molar-refractivity contribution in [2.75, 3.05) is 0 Å². The number of benzene rings is 1. The molecule has 0 aromatic heterocycles. The van der Waals surface area contributed by atoms with E-state index in [0.717, 1.165) is 17.9 Å². The first-order valence-electron chi connectivity index (χ1n) is 10.00. The van der Waals surface area contributed by atoms with E-state index in [-0.39, 0.29) is 5.84 Å². The van der Waals surface area contributed by atoms with E-state index >= 15 is 0 Å². The summed E-state index contributed by atoms with van der Waals surface area (Å²) in [5.74, 6) is 1.05. The summed E-state index contributed by atoms with van der Waals surface area (Å²) in [4.78, 5) is 0. The third kappa shape index (κ3) is 5.20. The molecule has 1 fully saturated rings. The van der Waals surface area contributed by atoms with Crippen molar-refractivity contribution in [3.05, 3.63) is 41.5 Å². The van der Waals surface area contributed by atoms with Gasteiger partial charge in [0.05, 0.1) is 0 Å². The van der Waals surface area contributed by atoms with Crippen molar-refractivity contribution in [3.8, 4) is 0 Å². The molecular weight excluding hydrogens is 304 g/mol. The zero-order chi connectivity index (χ0) is 18.4. The van der Waals surface area contributed by atoms with Crippen LogP contribution in [0.1, 0.15) is 88.3 Å². The first-order chi connectivity index (χ1) is 11.9. The topological polar surface area (TPSA) is 49.9 Å². The van der Waals surface area contributed by atoms with Crippen LogP contribution < -0.4 is 5.73 Å². The number of amidine groups is 1. The van der Waals surface area contributed by atoms with Gasteiger partial charge >= 0.3 is 0 Å². The number of nitrogens with two attached hydrogens (primary N) is 1. The molecule has 0 unspecified atom stereocenters. The normalized spacial score (nSPS) is 23.4. The second-order valence-electron chi connectivity index (χ2n) is 8.33. The second kappa shape index (κ2) is 8.69. The van der Waals surface area contributed by atoms with Gasteiger partial charge in [-0.25, -0.2) is 0 Å². The molecule has 0 atom stereocenters.